The van der Waals surface area contributed by atoms with Crippen LogP contribution in [0.2, 0.25) is 0 Å². The topological polar surface area (TPSA) is 125 Å². The molecule has 0 radical (unpaired) electrons. The molecule has 3 unspecified atom stereocenters. The molecule has 40 heavy (non-hydrogen) atoms. The van der Waals surface area contributed by atoms with Gasteiger partial charge in [0.15, 0.2) is 17.5 Å². The molecule has 0 amide bonds. The van der Waals surface area contributed by atoms with E-state index in [1.54, 1.807) is 42.2 Å². The van der Waals surface area contributed by atoms with Gasteiger partial charge >= 0.3 is 5.69 Å². The Balaban J connectivity index is 0.00000441. The van der Waals surface area contributed by atoms with Crippen molar-refractivity contribution >= 4 is 11.2 Å². The van der Waals surface area contributed by atoms with Crippen LogP contribution in [-0.2, 0) is 30.1 Å². The number of aromatic hydroxyl groups is 1. The van der Waals surface area contributed by atoms with Gasteiger partial charge in [-0.3, -0.25) is 13.9 Å². The molecule has 3 heterocycles. The number of aliphatic hydroxyl groups excluding tert-OH is 1. The summed E-state index contributed by atoms with van der Waals surface area (Å²) in [6, 6.07) is 6.55. The lowest BCUT2D eigenvalue weighted by Crippen LogP contribution is -3.16. The average molecular weight is 580 g/mol. The number of aromatic nitrogens is 4. The van der Waals surface area contributed by atoms with E-state index in [0.717, 1.165) is 42.5 Å². The zero-order valence-corrected chi connectivity index (χ0v) is 24.7. The van der Waals surface area contributed by atoms with E-state index < -0.39 is 11.8 Å². The quantitative estimate of drug-likeness (QED) is 0.234. The summed E-state index contributed by atoms with van der Waals surface area (Å²) in [4.78, 5) is 30.6. The molecule has 11 nitrogen and oxygen atoms in total. The first-order valence-electron chi connectivity index (χ1n) is 13.6. The van der Waals surface area contributed by atoms with Crippen molar-refractivity contribution in [3.8, 4) is 5.75 Å². The molecule has 3 N–H and O–H groups in total. The van der Waals surface area contributed by atoms with Crippen molar-refractivity contribution in [2.24, 2.45) is 19.5 Å². The molecule has 222 valence electrons. The molecule has 4 rings (SSSR count). The Kier molecular flexibility index (Phi) is 10.6. The molecule has 1 aliphatic heterocycles. The van der Waals surface area contributed by atoms with Crippen LogP contribution in [0.25, 0.3) is 11.2 Å². The van der Waals surface area contributed by atoms with Gasteiger partial charge in [0.05, 0.1) is 32.6 Å². The molecule has 3 aromatic rings. The highest BCUT2D eigenvalue weighted by molar-refractivity contribution is 5.69. The van der Waals surface area contributed by atoms with Crippen LogP contribution in [-0.4, -0.2) is 67.5 Å². The second-order valence-electron chi connectivity index (χ2n) is 11.5. The minimum atomic E-state index is -0.709. The van der Waals surface area contributed by atoms with E-state index in [1.165, 1.54) is 16.5 Å². The number of aliphatic hydroxyl groups is 1. The van der Waals surface area contributed by atoms with Crippen LogP contribution in [0.4, 0.5) is 0 Å². The molecule has 1 aliphatic rings. The number of rotatable bonds is 11. The van der Waals surface area contributed by atoms with Crippen molar-refractivity contribution in [2.45, 2.75) is 65.0 Å². The number of ether oxygens (including phenoxy) is 2. The highest BCUT2D eigenvalue weighted by Gasteiger charge is 2.30. The fraction of sp³-hybridized carbons (Fsp3) is 0.607. The molecule has 0 saturated carbocycles. The number of phenols is 1. The largest absolute Gasteiger partial charge is 1.00 e. The summed E-state index contributed by atoms with van der Waals surface area (Å²) in [5.41, 5.74) is 0.804. The van der Waals surface area contributed by atoms with Crippen LogP contribution >= 0.6 is 0 Å². The number of nitrogens with one attached hydrogen (secondary N) is 1. The van der Waals surface area contributed by atoms with Crippen molar-refractivity contribution in [1.29, 1.82) is 0 Å². The molecular weight excluding hydrogens is 538 g/mol. The normalized spacial score (nSPS) is 17.9. The minimum absolute atomic E-state index is 0. The van der Waals surface area contributed by atoms with Gasteiger partial charge in [-0.1, -0.05) is 26.0 Å². The number of halogens is 1. The van der Waals surface area contributed by atoms with Crippen molar-refractivity contribution in [3.63, 3.8) is 0 Å². The van der Waals surface area contributed by atoms with Crippen molar-refractivity contribution in [3.05, 3.63) is 57.0 Å². The molecule has 1 saturated heterocycles. The Bertz CT molecular complexity index is 1370. The van der Waals surface area contributed by atoms with Crippen LogP contribution in [0.1, 0.15) is 51.7 Å². The fourth-order valence-corrected chi connectivity index (χ4v) is 5.20. The van der Waals surface area contributed by atoms with Gasteiger partial charge in [0, 0.05) is 45.3 Å². The molecule has 0 spiro atoms. The monoisotopic (exact) mass is 579 g/mol. The van der Waals surface area contributed by atoms with E-state index in [0.29, 0.717) is 30.9 Å². The number of quaternary nitrogens is 1. The van der Waals surface area contributed by atoms with Gasteiger partial charge in [0.1, 0.15) is 17.9 Å². The molecule has 1 fully saturated rings. The van der Waals surface area contributed by atoms with Gasteiger partial charge in [-0.15, -0.1) is 0 Å². The lowest BCUT2D eigenvalue weighted by atomic mass is 9.95. The van der Waals surface area contributed by atoms with Crippen LogP contribution in [0.15, 0.2) is 40.2 Å². The zero-order valence-electron chi connectivity index (χ0n) is 24.0. The molecular formula is C28H42ClN5O6. The maximum absolute atomic E-state index is 12.8. The Labute approximate surface area is 240 Å². The SMILES string of the molecule is CC(C(O)c1ccc(O)cc1)[NH+](CCCC1OCC(C)(C)CO1)CCCn1cnc2c1c(=O)n(C)c(=O)n2C.[Cl-]. The molecule has 12 heteroatoms. The Hall–Kier alpha value is -2.70. The fourth-order valence-electron chi connectivity index (χ4n) is 5.20. The van der Waals surface area contributed by atoms with Gasteiger partial charge in [0.25, 0.3) is 5.56 Å². The van der Waals surface area contributed by atoms with E-state index in [4.69, 9.17) is 9.47 Å². The van der Waals surface area contributed by atoms with E-state index in [1.807, 2.05) is 6.92 Å². The first-order chi connectivity index (χ1) is 18.5. The maximum Gasteiger partial charge on any atom is 0.332 e. The van der Waals surface area contributed by atoms with E-state index in [-0.39, 0.29) is 41.5 Å². The molecule has 1 aromatic carbocycles. The number of benzene rings is 1. The number of hydrogen-bond donors (Lipinski definition) is 3. The summed E-state index contributed by atoms with van der Waals surface area (Å²) >= 11 is 0. The predicted octanol–water partition coefficient (Wildman–Crippen LogP) is -2.28. The van der Waals surface area contributed by atoms with Crippen molar-refractivity contribution in [1.82, 2.24) is 18.7 Å². The number of aryl methyl sites for hydroxylation is 2. The third-order valence-corrected chi connectivity index (χ3v) is 7.72. The van der Waals surface area contributed by atoms with Crippen LogP contribution in [0.3, 0.4) is 0 Å². The summed E-state index contributed by atoms with van der Waals surface area (Å²) in [6.07, 6.45) is 3.07. The molecule has 2 aromatic heterocycles. The molecule has 0 aliphatic carbocycles. The summed E-state index contributed by atoms with van der Waals surface area (Å²) in [5.74, 6) is 0.162. The van der Waals surface area contributed by atoms with Gasteiger partial charge in [-0.25, -0.2) is 9.78 Å². The lowest BCUT2D eigenvalue weighted by molar-refractivity contribution is -0.928. The van der Waals surface area contributed by atoms with E-state index in [2.05, 4.69) is 18.8 Å². The second kappa shape index (κ2) is 13.3. The highest BCUT2D eigenvalue weighted by Crippen LogP contribution is 2.24. The number of hydrogen-bond acceptors (Lipinski definition) is 7. The summed E-state index contributed by atoms with van der Waals surface area (Å²) in [6.45, 7) is 9.74. The lowest BCUT2D eigenvalue weighted by Gasteiger charge is -2.35. The molecule has 0 bridgehead atoms. The van der Waals surface area contributed by atoms with E-state index in [9.17, 15) is 19.8 Å². The summed E-state index contributed by atoms with van der Waals surface area (Å²) in [5, 5.41) is 20.8. The Morgan fingerprint density at radius 1 is 1.07 bits per heavy atom. The van der Waals surface area contributed by atoms with Gasteiger partial charge in [-0.2, -0.15) is 0 Å². The minimum Gasteiger partial charge on any atom is -1.00 e. The highest BCUT2D eigenvalue weighted by atomic mass is 35.5. The third kappa shape index (κ3) is 7.13. The Morgan fingerprint density at radius 2 is 1.70 bits per heavy atom. The smallest absolute Gasteiger partial charge is 0.332 e. The van der Waals surface area contributed by atoms with Crippen LogP contribution in [0.5, 0.6) is 5.75 Å². The van der Waals surface area contributed by atoms with Gasteiger partial charge < -0.3 is 41.6 Å². The van der Waals surface area contributed by atoms with Crippen LogP contribution < -0.4 is 28.6 Å². The third-order valence-electron chi connectivity index (χ3n) is 7.72. The van der Waals surface area contributed by atoms with Crippen molar-refractivity contribution < 1.29 is 37.0 Å². The van der Waals surface area contributed by atoms with Gasteiger partial charge in [-0.05, 0) is 24.6 Å². The van der Waals surface area contributed by atoms with E-state index >= 15 is 0 Å². The number of fused-ring (bicyclic) bond motifs is 1. The second-order valence-corrected chi connectivity index (χ2v) is 11.5. The zero-order chi connectivity index (χ0) is 28.3. The van der Waals surface area contributed by atoms with Crippen molar-refractivity contribution in [2.75, 3.05) is 26.3 Å². The predicted molar refractivity (Wildman–Crippen MR) is 147 cm³/mol. The summed E-state index contributed by atoms with van der Waals surface area (Å²) < 4.78 is 16.1. The first-order valence-corrected chi connectivity index (χ1v) is 13.6. The summed E-state index contributed by atoms with van der Waals surface area (Å²) in [7, 11) is 3.08. The number of phenolic OH excluding ortho intramolecular Hbond substituents is 1. The standard InChI is InChI=1S/C28H41N5O6.ClH/c1-19(24(35)20-9-11-21(34)12-10-20)32(13-6-8-22-38-16-28(2,3)17-39-22)14-7-15-33-18-29-25-23(33)26(36)31(5)27(37)30(25)4;/h9-12,18-19,22,24,34-35H,6-8,13-17H2,1-5H3;1H. The van der Waals surface area contributed by atoms with Gasteiger partial charge in [0.2, 0.25) is 0 Å². The average Bonchev–Trinajstić information content (AvgIpc) is 3.34. The van der Waals surface area contributed by atoms with Crippen LogP contribution in [0, 0.1) is 5.41 Å². The molecule has 3 atom stereocenters. The first kappa shape index (κ1) is 31.8. The number of nitrogens with zero attached hydrogens (tertiary/aromatic N) is 4. The maximum atomic E-state index is 12.8. The Morgan fingerprint density at radius 3 is 2.35 bits per heavy atom. The number of imidazole rings is 1.